The Balaban J connectivity index is 2.09. The van der Waals surface area contributed by atoms with Gasteiger partial charge in [0.25, 0.3) is 0 Å². The predicted octanol–water partition coefficient (Wildman–Crippen LogP) is 5.59. The quantitative estimate of drug-likeness (QED) is 0.718. The molecule has 0 radical (unpaired) electrons. The average molecular weight is 328 g/mol. The van der Waals surface area contributed by atoms with Crippen molar-refractivity contribution in [2.24, 2.45) is 17.8 Å². The van der Waals surface area contributed by atoms with Crippen molar-refractivity contribution >= 4 is 23.2 Å². The van der Waals surface area contributed by atoms with E-state index in [9.17, 15) is 0 Å². The standard InChI is InChI=1S/C18H27Cl2N/c1-3-5-13-8-9-15(12-21-2)16(10-13)11-14-6-4-7-17(19)18(14)20/h4,6-7,13,15-16,21H,3,5,8-12H2,1-2H3. The second-order valence-electron chi connectivity index (χ2n) is 6.46. The van der Waals surface area contributed by atoms with Crippen LogP contribution in [0.3, 0.4) is 0 Å². The molecule has 0 saturated heterocycles. The molecule has 0 amide bonds. The molecule has 3 heteroatoms. The summed E-state index contributed by atoms with van der Waals surface area (Å²) in [6.45, 7) is 3.41. The van der Waals surface area contributed by atoms with Crippen LogP contribution in [0.1, 0.15) is 44.6 Å². The highest BCUT2D eigenvalue weighted by atomic mass is 35.5. The van der Waals surface area contributed by atoms with Crippen molar-refractivity contribution in [3.63, 3.8) is 0 Å². The number of halogens is 2. The van der Waals surface area contributed by atoms with Gasteiger partial charge in [-0.1, -0.05) is 61.5 Å². The van der Waals surface area contributed by atoms with Crippen LogP contribution in [-0.4, -0.2) is 13.6 Å². The van der Waals surface area contributed by atoms with Gasteiger partial charge in [0.05, 0.1) is 10.0 Å². The van der Waals surface area contributed by atoms with Crippen LogP contribution in [-0.2, 0) is 6.42 Å². The fraction of sp³-hybridized carbons (Fsp3) is 0.667. The molecule has 118 valence electrons. The molecule has 3 unspecified atom stereocenters. The average Bonchev–Trinajstić information content (AvgIpc) is 2.47. The van der Waals surface area contributed by atoms with Gasteiger partial charge < -0.3 is 5.32 Å². The van der Waals surface area contributed by atoms with Crippen LogP contribution in [0.15, 0.2) is 18.2 Å². The fourth-order valence-corrected chi connectivity index (χ4v) is 4.26. The number of rotatable bonds is 6. The first-order chi connectivity index (χ1) is 10.2. The predicted molar refractivity (Wildman–Crippen MR) is 93.3 cm³/mol. The van der Waals surface area contributed by atoms with E-state index < -0.39 is 0 Å². The Bertz CT molecular complexity index is 447. The van der Waals surface area contributed by atoms with E-state index in [1.807, 2.05) is 12.1 Å². The highest BCUT2D eigenvalue weighted by molar-refractivity contribution is 6.42. The fourth-order valence-electron chi connectivity index (χ4n) is 3.86. The Morgan fingerprint density at radius 1 is 1.19 bits per heavy atom. The van der Waals surface area contributed by atoms with Gasteiger partial charge in [0.1, 0.15) is 0 Å². The molecule has 1 N–H and O–H groups in total. The lowest BCUT2D eigenvalue weighted by Crippen LogP contribution is -2.33. The molecule has 2 rings (SSSR count). The van der Waals surface area contributed by atoms with Crippen LogP contribution >= 0.6 is 23.2 Å². The minimum Gasteiger partial charge on any atom is -0.319 e. The zero-order valence-electron chi connectivity index (χ0n) is 13.2. The number of benzene rings is 1. The Labute approximate surface area is 139 Å². The van der Waals surface area contributed by atoms with Crippen molar-refractivity contribution in [2.45, 2.75) is 45.4 Å². The molecule has 1 fully saturated rings. The van der Waals surface area contributed by atoms with E-state index in [2.05, 4.69) is 25.4 Å². The SMILES string of the molecule is CCCC1CCC(CNC)C(Cc2cccc(Cl)c2Cl)C1. The number of hydrogen-bond donors (Lipinski definition) is 1. The van der Waals surface area contributed by atoms with Crippen LogP contribution < -0.4 is 5.32 Å². The van der Waals surface area contributed by atoms with Gasteiger partial charge >= 0.3 is 0 Å². The van der Waals surface area contributed by atoms with E-state index >= 15 is 0 Å². The second kappa shape index (κ2) is 8.41. The van der Waals surface area contributed by atoms with Crippen LogP contribution in [0.4, 0.5) is 0 Å². The van der Waals surface area contributed by atoms with Gasteiger partial charge in [-0.25, -0.2) is 0 Å². The van der Waals surface area contributed by atoms with Gasteiger partial charge in [0, 0.05) is 0 Å². The van der Waals surface area contributed by atoms with Crippen LogP contribution in [0, 0.1) is 17.8 Å². The highest BCUT2D eigenvalue weighted by Gasteiger charge is 2.30. The zero-order valence-corrected chi connectivity index (χ0v) is 14.7. The summed E-state index contributed by atoms with van der Waals surface area (Å²) < 4.78 is 0. The maximum atomic E-state index is 6.39. The maximum absolute atomic E-state index is 6.39. The molecule has 1 aliphatic carbocycles. The Hall–Kier alpha value is -0.240. The molecule has 1 aliphatic rings. The van der Waals surface area contributed by atoms with Crippen molar-refractivity contribution < 1.29 is 0 Å². The third-order valence-corrected chi connectivity index (χ3v) is 5.78. The molecule has 0 heterocycles. The van der Waals surface area contributed by atoms with Gasteiger partial charge in [0.15, 0.2) is 0 Å². The molecule has 0 bridgehead atoms. The molecular formula is C18H27Cl2N. The monoisotopic (exact) mass is 327 g/mol. The third-order valence-electron chi connectivity index (χ3n) is 4.93. The van der Waals surface area contributed by atoms with E-state index in [1.165, 1.54) is 37.7 Å². The first-order valence-electron chi connectivity index (χ1n) is 8.23. The largest absolute Gasteiger partial charge is 0.319 e. The lowest BCUT2D eigenvalue weighted by molar-refractivity contribution is 0.169. The number of nitrogens with one attached hydrogen (secondary N) is 1. The summed E-state index contributed by atoms with van der Waals surface area (Å²) in [6, 6.07) is 6.02. The smallest absolute Gasteiger partial charge is 0.0624 e. The topological polar surface area (TPSA) is 12.0 Å². The summed E-state index contributed by atoms with van der Waals surface area (Å²) in [5, 5.41) is 4.80. The summed E-state index contributed by atoms with van der Waals surface area (Å²) in [4.78, 5) is 0. The van der Waals surface area contributed by atoms with E-state index in [1.54, 1.807) is 0 Å². The molecule has 1 nitrogen and oxygen atoms in total. The van der Waals surface area contributed by atoms with Crippen LogP contribution in [0.5, 0.6) is 0 Å². The maximum Gasteiger partial charge on any atom is 0.0624 e. The van der Waals surface area contributed by atoms with Gasteiger partial charge in [-0.2, -0.15) is 0 Å². The molecule has 3 atom stereocenters. The number of hydrogen-bond acceptors (Lipinski definition) is 1. The van der Waals surface area contributed by atoms with Crippen LogP contribution in [0.2, 0.25) is 10.0 Å². The van der Waals surface area contributed by atoms with Crippen molar-refractivity contribution in [3.8, 4) is 0 Å². The lowest BCUT2D eigenvalue weighted by Gasteiger charge is -2.36. The van der Waals surface area contributed by atoms with Gasteiger partial charge in [-0.05, 0) is 62.2 Å². The zero-order chi connectivity index (χ0) is 15.2. The lowest BCUT2D eigenvalue weighted by atomic mass is 9.70. The summed E-state index contributed by atoms with van der Waals surface area (Å²) >= 11 is 12.6. The second-order valence-corrected chi connectivity index (χ2v) is 7.25. The van der Waals surface area contributed by atoms with E-state index in [0.717, 1.165) is 35.7 Å². The minimum absolute atomic E-state index is 0.681. The Morgan fingerprint density at radius 3 is 2.71 bits per heavy atom. The molecule has 1 aromatic rings. The first-order valence-corrected chi connectivity index (χ1v) is 8.98. The first kappa shape index (κ1) is 17.1. The molecule has 0 aromatic heterocycles. The normalized spacial score (nSPS) is 26.0. The van der Waals surface area contributed by atoms with Crippen LogP contribution in [0.25, 0.3) is 0 Å². The molecule has 0 spiro atoms. The van der Waals surface area contributed by atoms with Crippen molar-refractivity contribution in [3.05, 3.63) is 33.8 Å². The Morgan fingerprint density at radius 2 is 2.00 bits per heavy atom. The van der Waals surface area contributed by atoms with Crippen molar-refractivity contribution in [1.29, 1.82) is 0 Å². The molecule has 21 heavy (non-hydrogen) atoms. The van der Waals surface area contributed by atoms with E-state index in [4.69, 9.17) is 23.2 Å². The van der Waals surface area contributed by atoms with E-state index in [0.29, 0.717) is 5.02 Å². The van der Waals surface area contributed by atoms with E-state index in [-0.39, 0.29) is 0 Å². The molecule has 1 aromatic carbocycles. The summed E-state index contributed by atoms with van der Waals surface area (Å²) in [5.74, 6) is 2.38. The Kier molecular flexibility index (Phi) is 6.85. The third kappa shape index (κ3) is 4.61. The molecule has 0 aliphatic heterocycles. The summed E-state index contributed by atoms with van der Waals surface area (Å²) in [7, 11) is 2.06. The van der Waals surface area contributed by atoms with Crippen molar-refractivity contribution in [2.75, 3.05) is 13.6 Å². The van der Waals surface area contributed by atoms with Crippen molar-refractivity contribution in [1.82, 2.24) is 5.32 Å². The highest BCUT2D eigenvalue weighted by Crippen LogP contribution is 2.39. The van der Waals surface area contributed by atoms with Gasteiger partial charge in [0.2, 0.25) is 0 Å². The molecular weight excluding hydrogens is 301 g/mol. The summed E-state index contributed by atoms with van der Waals surface area (Å²) in [6.07, 6.45) is 7.79. The van der Waals surface area contributed by atoms with Gasteiger partial charge in [-0.15, -0.1) is 0 Å². The summed E-state index contributed by atoms with van der Waals surface area (Å²) in [5.41, 5.74) is 1.22. The minimum atomic E-state index is 0.681. The van der Waals surface area contributed by atoms with Gasteiger partial charge in [-0.3, -0.25) is 0 Å². The molecule has 1 saturated carbocycles.